The second-order valence-corrected chi connectivity index (χ2v) is 7.49. The molecule has 3 rings (SSSR count). The van der Waals surface area contributed by atoms with Gasteiger partial charge in [-0.05, 0) is 87.2 Å². The maximum atomic E-state index is 5.50. The van der Waals surface area contributed by atoms with E-state index in [2.05, 4.69) is 44.1 Å². The molecule has 2 nitrogen and oxygen atoms in total. The van der Waals surface area contributed by atoms with Crippen molar-refractivity contribution in [3.05, 3.63) is 29.3 Å². The fourth-order valence-electron chi connectivity index (χ4n) is 4.77. The van der Waals surface area contributed by atoms with E-state index in [1.165, 1.54) is 43.4 Å². The minimum atomic E-state index is 0.715. The van der Waals surface area contributed by atoms with Gasteiger partial charge in [-0.1, -0.05) is 12.5 Å². The predicted octanol–water partition coefficient (Wildman–Crippen LogP) is 4.09. The standard InChI is InChI=1S/C19H29NO/c1-13-7-16(11-17(8-13)21-4)18-10-14-5-6-15(9-14)19(18)12-20(2)3/h7-8,11,14-15,18-19H,5-6,9-10,12H2,1-4H3/t14?,15?,18-,19-/m0/s1. The van der Waals surface area contributed by atoms with E-state index in [9.17, 15) is 0 Å². The SMILES string of the molecule is COc1cc(C)cc([C@@H]2CC3CCC(C3)[C@@H]2CN(C)C)c1. The van der Waals surface area contributed by atoms with E-state index in [0.29, 0.717) is 5.92 Å². The molecule has 2 aliphatic carbocycles. The van der Waals surface area contributed by atoms with Crippen LogP contribution in [0.15, 0.2) is 18.2 Å². The lowest BCUT2D eigenvalue weighted by Gasteiger charge is -2.39. The Morgan fingerprint density at radius 3 is 2.67 bits per heavy atom. The van der Waals surface area contributed by atoms with Crippen LogP contribution in [0, 0.1) is 24.7 Å². The Hall–Kier alpha value is -1.02. The number of rotatable bonds is 4. The van der Waals surface area contributed by atoms with Gasteiger partial charge < -0.3 is 9.64 Å². The van der Waals surface area contributed by atoms with Crippen LogP contribution in [0.2, 0.25) is 0 Å². The first kappa shape index (κ1) is 14.9. The van der Waals surface area contributed by atoms with Gasteiger partial charge in [0.2, 0.25) is 0 Å². The number of nitrogens with zero attached hydrogens (tertiary/aromatic N) is 1. The molecule has 2 aliphatic rings. The molecule has 1 aromatic carbocycles. The minimum Gasteiger partial charge on any atom is -0.497 e. The second kappa shape index (κ2) is 6.00. The van der Waals surface area contributed by atoms with Crippen molar-refractivity contribution in [3.8, 4) is 5.75 Å². The lowest BCUT2D eigenvalue weighted by molar-refractivity contribution is 0.165. The van der Waals surface area contributed by atoms with Crippen LogP contribution in [0.5, 0.6) is 5.75 Å². The molecule has 2 saturated carbocycles. The van der Waals surface area contributed by atoms with Crippen LogP contribution < -0.4 is 4.74 Å². The first-order valence-electron chi connectivity index (χ1n) is 8.37. The monoisotopic (exact) mass is 287 g/mol. The summed E-state index contributed by atoms with van der Waals surface area (Å²) < 4.78 is 5.50. The molecule has 0 heterocycles. The highest BCUT2D eigenvalue weighted by molar-refractivity contribution is 5.36. The fraction of sp³-hybridized carbons (Fsp3) is 0.684. The van der Waals surface area contributed by atoms with Crippen LogP contribution >= 0.6 is 0 Å². The molecule has 2 bridgehead atoms. The summed E-state index contributed by atoms with van der Waals surface area (Å²) in [6, 6.07) is 6.81. The zero-order valence-electron chi connectivity index (χ0n) is 13.9. The maximum Gasteiger partial charge on any atom is 0.119 e. The molecule has 4 atom stereocenters. The van der Waals surface area contributed by atoms with Crippen molar-refractivity contribution in [2.75, 3.05) is 27.7 Å². The minimum absolute atomic E-state index is 0.715. The van der Waals surface area contributed by atoms with E-state index in [0.717, 1.165) is 23.5 Å². The smallest absolute Gasteiger partial charge is 0.119 e. The van der Waals surface area contributed by atoms with Crippen molar-refractivity contribution in [2.24, 2.45) is 17.8 Å². The summed E-state index contributed by atoms with van der Waals surface area (Å²) in [5, 5.41) is 0. The third-order valence-electron chi connectivity index (χ3n) is 5.60. The van der Waals surface area contributed by atoms with Crippen LogP contribution in [0.1, 0.15) is 42.7 Å². The van der Waals surface area contributed by atoms with E-state index in [1.807, 2.05) is 0 Å². The van der Waals surface area contributed by atoms with Crippen molar-refractivity contribution in [1.82, 2.24) is 4.90 Å². The molecule has 1 aromatic rings. The van der Waals surface area contributed by atoms with Crippen molar-refractivity contribution < 1.29 is 4.74 Å². The van der Waals surface area contributed by atoms with Gasteiger partial charge in [-0.25, -0.2) is 0 Å². The van der Waals surface area contributed by atoms with Crippen molar-refractivity contribution in [2.45, 2.75) is 38.5 Å². The number of hydrogen-bond donors (Lipinski definition) is 0. The summed E-state index contributed by atoms with van der Waals surface area (Å²) in [4.78, 5) is 2.38. The molecule has 0 spiro atoms. The molecule has 0 aliphatic heterocycles. The Balaban J connectivity index is 1.92. The third kappa shape index (κ3) is 3.11. The van der Waals surface area contributed by atoms with E-state index in [4.69, 9.17) is 4.74 Å². The highest BCUT2D eigenvalue weighted by atomic mass is 16.5. The molecule has 2 fully saturated rings. The van der Waals surface area contributed by atoms with Crippen molar-refractivity contribution >= 4 is 0 Å². The highest BCUT2D eigenvalue weighted by Crippen LogP contribution is 2.52. The second-order valence-electron chi connectivity index (χ2n) is 7.49. The van der Waals surface area contributed by atoms with Crippen LogP contribution in [0.25, 0.3) is 0 Å². The van der Waals surface area contributed by atoms with Gasteiger partial charge in [0.05, 0.1) is 7.11 Å². The Morgan fingerprint density at radius 2 is 1.95 bits per heavy atom. The zero-order chi connectivity index (χ0) is 15.0. The molecule has 0 N–H and O–H groups in total. The lowest BCUT2D eigenvalue weighted by atomic mass is 9.69. The zero-order valence-corrected chi connectivity index (χ0v) is 13.9. The normalized spacial score (nSPS) is 31.7. The summed E-state index contributed by atoms with van der Waals surface area (Å²) >= 11 is 0. The molecule has 0 amide bonds. The van der Waals surface area contributed by atoms with Gasteiger partial charge >= 0.3 is 0 Å². The van der Waals surface area contributed by atoms with Crippen LogP contribution in [-0.2, 0) is 0 Å². The summed E-state index contributed by atoms with van der Waals surface area (Å²) in [6.07, 6.45) is 5.75. The van der Waals surface area contributed by atoms with Crippen molar-refractivity contribution in [3.63, 3.8) is 0 Å². The number of benzene rings is 1. The Kier molecular flexibility index (Phi) is 4.26. The van der Waals surface area contributed by atoms with Crippen molar-refractivity contribution in [1.29, 1.82) is 0 Å². The quantitative estimate of drug-likeness (QED) is 0.827. The number of fused-ring (bicyclic) bond motifs is 2. The summed E-state index contributed by atoms with van der Waals surface area (Å²) in [7, 11) is 6.21. The Morgan fingerprint density at radius 1 is 1.14 bits per heavy atom. The van der Waals surface area contributed by atoms with E-state index in [-0.39, 0.29) is 0 Å². The number of ether oxygens (including phenoxy) is 1. The summed E-state index contributed by atoms with van der Waals surface area (Å²) in [5.74, 6) is 4.44. The van der Waals surface area contributed by atoms with E-state index >= 15 is 0 Å². The first-order valence-corrected chi connectivity index (χ1v) is 8.37. The van der Waals surface area contributed by atoms with Crippen LogP contribution in [0.4, 0.5) is 0 Å². The lowest BCUT2D eigenvalue weighted by Crippen LogP contribution is -2.34. The molecule has 0 aromatic heterocycles. The fourth-order valence-corrected chi connectivity index (χ4v) is 4.77. The summed E-state index contributed by atoms with van der Waals surface area (Å²) in [5.41, 5.74) is 2.83. The van der Waals surface area contributed by atoms with Gasteiger partial charge in [-0.15, -0.1) is 0 Å². The van der Waals surface area contributed by atoms with Gasteiger partial charge in [0, 0.05) is 6.54 Å². The highest BCUT2D eigenvalue weighted by Gasteiger charge is 2.42. The maximum absolute atomic E-state index is 5.50. The molecular formula is C19H29NO. The predicted molar refractivity (Wildman–Crippen MR) is 88.0 cm³/mol. The van der Waals surface area contributed by atoms with Gasteiger partial charge in [0.1, 0.15) is 5.75 Å². The third-order valence-corrected chi connectivity index (χ3v) is 5.60. The van der Waals surface area contributed by atoms with Gasteiger partial charge in [-0.2, -0.15) is 0 Å². The van der Waals surface area contributed by atoms with Gasteiger partial charge in [0.25, 0.3) is 0 Å². The van der Waals surface area contributed by atoms with E-state index in [1.54, 1.807) is 7.11 Å². The molecule has 2 heteroatoms. The molecule has 116 valence electrons. The average molecular weight is 287 g/mol. The topological polar surface area (TPSA) is 12.5 Å². The molecule has 2 unspecified atom stereocenters. The number of hydrogen-bond acceptors (Lipinski definition) is 2. The Labute approximate surface area is 129 Å². The molecule has 21 heavy (non-hydrogen) atoms. The largest absolute Gasteiger partial charge is 0.497 e. The van der Waals surface area contributed by atoms with E-state index < -0.39 is 0 Å². The molecule has 0 saturated heterocycles. The van der Waals surface area contributed by atoms with Crippen LogP contribution in [0.3, 0.4) is 0 Å². The van der Waals surface area contributed by atoms with Crippen LogP contribution in [-0.4, -0.2) is 32.6 Å². The molecular weight excluding hydrogens is 258 g/mol. The Bertz CT molecular complexity index is 496. The van der Waals surface area contributed by atoms with Gasteiger partial charge in [0.15, 0.2) is 0 Å². The number of methoxy groups -OCH3 is 1. The first-order chi connectivity index (χ1) is 10.1. The molecule has 0 radical (unpaired) electrons. The number of aryl methyl sites for hydroxylation is 1. The summed E-state index contributed by atoms with van der Waals surface area (Å²) in [6.45, 7) is 3.41. The van der Waals surface area contributed by atoms with Gasteiger partial charge in [-0.3, -0.25) is 0 Å². The average Bonchev–Trinajstić information content (AvgIpc) is 2.83.